The first-order chi connectivity index (χ1) is 18.8. The number of nitrogens with one attached hydrogen (secondary N) is 1. The number of rotatable bonds is 11. The van der Waals surface area contributed by atoms with Gasteiger partial charge in [-0.2, -0.15) is 0 Å². The Morgan fingerprint density at radius 2 is 1.46 bits per heavy atom. The zero-order valence-electron chi connectivity index (χ0n) is 22.0. The summed E-state index contributed by atoms with van der Waals surface area (Å²) >= 11 is 1.51. The summed E-state index contributed by atoms with van der Waals surface area (Å²) in [5.74, 6) is 0.973. The maximum atomic E-state index is 12.9. The molecule has 0 spiro atoms. The molecule has 9 heteroatoms. The van der Waals surface area contributed by atoms with Crippen LogP contribution in [0.15, 0.2) is 107 Å². The van der Waals surface area contributed by atoms with Crippen LogP contribution in [-0.4, -0.2) is 34.8 Å². The maximum Gasteiger partial charge on any atom is 0.251 e. The normalized spacial score (nSPS) is 11.1. The molecule has 39 heavy (non-hydrogen) atoms. The molecule has 1 N–H and O–H groups in total. The third-order valence-corrected chi connectivity index (χ3v) is 8.15. The zero-order chi connectivity index (χ0) is 27.8. The van der Waals surface area contributed by atoms with Gasteiger partial charge in [-0.15, -0.1) is 0 Å². The number of sulfonamides is 1. The summed E-state index contributed by atoms with van der Waals surface area (Å²) < 4.78 is 37.7. The average molecular weight is 563 g/mol. The number of hydrogen-bond donors (Lipinski definition) is 1. The molecule has 0 fully saturated rings. The molecule has 4 aromatic carbocycles. The lowest BCUT2D eigenvalue weighted by atomic mass is 10.1. The van der Waals surface area contributed by atoms with Crippen LogP contribution in [0.5, 0.6) is 11.5 Å². The van der Waals surface area contributed by atoms with E-state index in [-0.39, 0.29) is 12.5 Å². The van der Waals surface area contributed by atoms with E-state index < -0.39 is 10.0 Å². The van der Waals surface area contributed by atoms with Gasteiger partial charge in [0.2, 0.25) is 10.0 Å². The van der Waals surface area contributed by atoms with E-state index in [0.717, 1.165) is 20.9 Å². The monoisotopic (exact) mass is 562 g/mol. The Labute approximate surface area is 233 Å². The van der Waals surface area contributed by atoms with Gasteiger partial charge in [-0.1, -0.05) is 60.3 Å². The topological polar surface area (TPSA) is 84.9 Å². The lowest BCUT2D eigenvalue weighted by Crippen LogP contribution is -2.29. The van der Waals surface area contributed by atoms with Crippen molar-refractivity contribution < 1.29 is 22.7 Å². The molecule has 0 aliphatic rings. The Bertz CT molecular complexity index is 1520. The minimum atomic E-state index is -3.59. The van der Waals surface area contributed by atoms with Crippen LogP contribution in [0.2, 0.25) is 0 Å². The molecule has 0 aromatic heterocycles. The van der Waals surface area contributed by atoms with Crippen molar-refractivity contribution in [1.29, 1.82) is 0 Å². The molecule has 0 heterocycles. The summed E-state index contributed by atoms with van der Waals surface area (Å²) in [7, 11) is -0.453. The molecule has 7 nitrogen and oxygen atoms in total. The van der Waals surface area contributed by atoms with E-state index in [1.54, 1.807) is 44.6 Å². The summed E-state index contributed by atoms with van der Waals surface area (Å²) in [6.45, 7) is 0.456. The molecule has 0 aliphatic carbocycles. The largest absolute Gasteiger partial charge is 0.493 e. The number of carbonyl (C=O) groups is 1. The summed E-state index contributed by atoms with van der Waals surface area (Å²) in [5.41, 5.74) is 2.71. The number of ether oxygens (including phenoxy) is 2. The van der Waals surface area contributed by atoms with Gasteiger partial charge < -0.3 is 14.8 Å². The summed E-state index contributed by atoms with van der Waals surface area (Å²) in [6, 6.07) is 29.7. The Morgan fingerprint density at radius 3 is 2.13 bits per heavy atom. The van der Waals surface area contributed by atoms with Crippen molar-refractivity contribution in [2.45, 2.75) is 22.9 Å². The number of carbonyl (C=O) groups excluding carboxylic acids is 1. The fourth-order valence-corrected chi connectivity index (χ4v) is 5.88. The van der Waals surface area contributed by atoms with E-state index in [0.29, 0.717) is 29.3 Å². The van der Waals surface area contributed by atoms with Crippen molar-refractivity contribution in [2.75, 3.05) is 24.8 Å². The van der Waals surface area contributed by atoms with E-state index in [2.05, 4.69) is 5.32 Å². The lowest BCUT2D eigenvalue weighted by Gasteiger charge is -2.25. The first-order valence-electron chi connectivity index (χ1n) is 12.2. The van der Waals surface area contributed by atoms with Crippen LogP contribution >= 0.6 is 11.8 Å². The van der Waals surface area contributed by atoms with E-state index in [4.69, 9.17) is 9.47 Å². The van der Waals surface area contributed by atoms with Crippen molar-refractivity contribution in [2.24, 2.45) is 0 Å². The number of anilines is 1. The molecule has 0 aliphatic heterocycles. The molecule has 0 unspecified atom stereocenters. The molecule has 0 atom stereocenters. The third kappa shape index (κ3) is 7.34. The molecule has 0 bridgehead atoms. The van der Waals surface area contributed by atoms with E-state index in [9.17, 15) is 13.2 Å². The van der Waals surface area contributed by atoms with Crippen LogP contribution in [0.1, 0.15) is 21.5 Å². The first-order valence-corrected chi connectivity index (χ1v) is 14.8. The average Bonchev–Trinajstić information content (AvgIpc) is 2.95. The molecular weight excluding hydrogens is 532 g/mol. The Morgan fingerprint density at radius 1 is 0.821 bits per heavy atom. The maximum absolute atomic E-state index is 12.9. The van der Waals surface area contributed by atoms with Gasteiger partial charge in [0.1, 0.15) is 0 Å². The minimum Gasteiger partial charge on any atom is -0.493 e. The highest BCUT2D eigenvalue weighted by Crippen LogP contribution is 2.37. The highest BCUT2D eigenvalue weighted by molar-refractivity contribution is 7.99. The second-order valence-corrected chi connectivity index (χ2v) is 11.7. The van der Waals surface area contributed by atoms with E-state index in [1.165, 1.54) is 22.3 Å². The van der Waals surface area contributed by atoms with Crippen molar-refractivity contribution >= 4 is 33.4 Å². The fourth-order valence-electron chi connectivity index (χ4n) is 3.95. The molecule has 4 aromatic rings. The minimum absolute atomic E-state index is 0.138. The van der Waals surface area contributed by atoms with Crippen LogP contribution in [-0.2, 0) is 23.1 Å². The van der Waals surface area contributed by atoms with Gasteiger partial charge in [0, 0.05) is 21.9 Å². The second-order valence-electron chi connectivity index (χ2n) is 8.72. The molecule has 202 valence electrons. The molecule has 1 amide bonds. The number of amides is 1. The standard InChI is InChI=1S/C30H30N2O5S2/c1-36-27-18-15-23(19-28(27)37-2)20-31-30(33)24-16-13-22(14-17-24)21-32(39(3,34)35)26-11-7-8-12-29(26)38-25-9-5-4-6-10-25/h4-19H,20-21H2,1-3H3,(H,31,33). The lowest BCUT2D eigenvalue weighted by molar-refractivity contribution is 0.0951. The fraction of sp³-hybridized carbons (Fsp3) is 0.167. The molecule has 0 radical (unpaired) electrons. The highest BCUT2D eigenvalue weighted by Gasteiger charge is 2.21. The smallest absolute Gasteiger partial charge is 0.251 e. The number of nitrogens with zero attached hydrogens (tertiary/aromatic N) is 1. The van der Waals surface area contributed by atoms with Gasteiger partial charge in [-0.3, -0.25) is 9.10 Å². The summed E-state index contributed by atoms with van der Waals surface area (Å²) in [5, 5.41) is 2.90. The Kier molecular flexibility index (Phi) is 9.16. The van der Waals surface area contributed by atoms with E-state index in [1.807, 2.05) is 66.7 Å². The van der Waals surface area contributed by atoms with Crippen LogP contribution < -0.4 is 19.1 Å². The van der Waals surface area contributed by atoms with Gasteiger partial charge in [-0.05, 0) is 59.7 Å². The quantitative estimate of drug-likeness (QED) is 0.251. The van der Waals surface area contributed by atoms with Crippen LogP contribution in [0.4, 0.5) is 5.69 Å². The SMILES string of the molecule is COc1ccc(CNC(=O)c2ccc(CN(c3ccccc3Sc3ccccc3)S(C)(=O)=O)cc2)cc1OC. The van der Waals surface area contributed by atoms with Crippen molar-refractivity contribution in [1.82, 2.24) is 5.32 Å². The Balaban J connectivity index is 1.47. The van der Waals surface area contributed by atoms with Gasteiger partial charge in [0.05, 0.1) is 32.7 Å². The summed E-state index contributed by atoms with van der Waals surface area (Å²) in [4.78, 5) is 14.6. The molecule has 0 saturated carbocycles. The highest BCUT2D eigenvalue weighted by atomic mass is 32.2. The Hall–Kier alpha value is -3.95. The third-order valence-electron chi connectivity index (χ3n) is 5.95. The molecule has 0 saturated heterocycles. The van der Waals surface area contributed by atoms with Gasteiger partial charge in [-0.25, -0.2) is 8.42 Å². The van der Waals surface area contributed by atoms with Crippen molar-refractivity contribution in [3.63, 3.8) is 0 Å². The number of para-hydroxylation sites is 1. The van der Waals surface area contributed by atoms with E-state index >= 15 is 0 Å². The van der Waals surface area contributed by atoms with Crippen molar-refractivity contribution in [3.05, 3.63) is 114 Å². The predicted octanol–water partition coefficient (Wildman–Crippen LogP) is 5.75. The number of hydrogen-bond acceptors (Lipinski definition) is 6. The van der Waals surface area contributed by atoms with Crippen LogP contribution in [0.3, 0.4) is 0 Å². The van der Waals surface area contributed by atoms with Crippen molar-refractivity contribution in [3.8, 4) is 11.5 Å². The first kappa shape index (κ1) is 28.1. The van der Waals surface area contributed by atoms with Gasteiger partial charge in [0.15, 0.2) is 11.5 Å². The molecule has 4 rings (SSSR count). The number of methoxy groups -OCH3 is 2. The second kappa shape index (κ2) is 12.7. The number of benzene rings is 4. The van der Waals surface area contributed by atoms with Gasteiger partial charge >= 0.3 is 0 Å². The van der Waals surface area contributed by atoms with Gasteiger partial charge in [0.25, 0.3) is 5.91 Å². The predicted molar refractivity (Wildman–Crippen MR) is 155 cm³/mol. The van der Waals surface area contributed by atoms with Crippen LogP contribution in [0.25, 0.3) is 0 Å². The van der Waals surface area contributed by atoms with Crippen LogP contribution in [0, 0.1) is 0 Å². The molecular formula is C30H30N2O5S2. The zero-order valence-corrected chi connectivity index (χ0v) is 23.6. The summed E-state index contributed by atoms with van der Waals surface area (Å²) in [6.07, 6.45) is 1.20.